The van der Waals surface area contributed by atoms with Gasteiger partial charge >= 0.3 is 0 Å². The molecule has 0 saturated carbocycles. The fourth-order valence-electron chi connectivity index (χ4n) is 2.13. The molecule has 2 aromatic rings. The van der Waals surface area contributed by atoms with E-state index in [1.54, 1.807) is 0 Å². The molecular formula is C18H22FN5O. The monoisotopic (exact) mass is 343 g/mol. The highest BCUT2D eigenvalue weighted by Crippen LogP contribution is 2.14. The first-order valence-electron chi connectivity index (χ1n) is 8.19. The summed E-state index contributed by atoms with van der Waals surface area (Å²) in [7, 11) is 0. The molecule has 0 radical (unpaired) electrons. The summed E-state index contributed by atoms with van der Waals surface area (Å²) in [6.07, 6.45) is 0. The van der Waals surface area contributed by atoms with Crippen molar-refractivity contribution >= 4 is 5.96 Å². The van der Waals surface area contributed by atoms with Crippen LogP contribution in [-0.2, 0) is 13.1 Å². The molecule has 1 aromatic heterocycles. The van der Waals surface area contributed by atoms with E-state index in [1.165, 1.54) is 18.2 Å². The molecule has 0 fully saturated rings. The third-order valence-corrected chi connectivity index (χ3v) is 3.53. The molecule has 0 unspecified atom stereocenters. The maximum absolute atomic E-state index is 13.8. The first-order valence-corrected chi connectivity index (χ1v) is 8.19. The molecule has 0 atom stereocenters. The molecule has 0 amide bonds. The Hall–Kier alpha value is -2.88. The van der Waals surface area contributed by atoms with E-state index in [1.807, 2.05) is 32.9 Å². The Morgan fingerprint density at radius 1 is 1.36 bits per heavy atom. The predicted octanol–water partition coefficient (Wildman–Crippen LogP) is 3.06. The van der Waals surface area contributed by atoms with Gasteiger partial charge in [0, 0.05) is 18.2 Å². The van der Waals surface area contributed by atoms with E-state index in [0.29, 0.717) is 41.9 Å². The SMILES string of the molecule is CCNC(=NCc1cc(C#N)ccc1F)NCc1cc(C(C)C)no1. The van der Waals surface area contributed by atoms with Crippen LogP contribution in [0.15, 0.2) is 33.8 Å². The number of aromatic nitrogens is 1. The van der Waals surface area contributed by atoms with Crippen LogP contribution in [0.4, 0.5) is 4.39 Å². The van der Waals surface area contributed by atoms with Crippen molar-refractivity contribution in [2.24, 2.45) is 4.99 Å². The van der Waals surface area contributed by atoms with Crippen LogP contribution in [0.5, 0.6) is 0 Å². The van der Waals surface area contributed by atoms with Gasteiger partial charge in [0.25, 0.3) is 0 Å². The minimum Gasteiger partial charge on any atom is -0.359 e. The number of aliphatic imine (C=N–C) groups is 1. The molecule has 2 rings (SSSR count). The normalized spacial score (nSPS) is 11.4. The van der Waals surface area contributed by atoms with Gasteiger partial charge in [0.05, 0.1) is 30.4 Å². The predicted molar refractivity (Wildman–Crippen MR) is 93.4 cm³/mol. The topological polar surface area (TPSA) is 86.2 Å². The number of nitrogens with zero attached hydrogens (tertiary/aromatic N) is 3. The molecule has 0 aliphatic rings. The lowest BCUT2D eigenvalue weighted by Gasteiger charge is -2.10. The second-order valence-corrected chi connectivity index (χ2v) is 5.84. The van der Waals surface area contributed by atoms with E-state index in [4.69, 9.17) is 9.78 Å². The van der Waals surface area contributed by atoms with E-state index in [9.17, 15) is 4.39 Å². The Kier molecular flexibility index (Phi) is 6.52. The molecule has 0 bridgehead atoms. The molecule has 25 heavy (non-hydrogen) atoms. The number of benzene rings is 1. The van der Waals surface area contributed by atoms with Gasteiger partial charge in [-0.2, -0.15) is 5.26 Å². The zero-order valence-electron chi connectivity index (χ0n) is 14.6. The van der Waals surface area contributed by atoms with Crippen LogP contribution in [0.2, 0.25) is 0 Å². The van der Waals surface area contributed by atoms with Gasteiger partial charge in [-0.05, 0) is 31.0 Å². The van der Waals surface area contributed by atoms with Gasteiger partial charge < -0.3 is 15.2 Å². The van der Waals surface area contributed by atoms with Crippen molar-refractivity contribution in [1.82, 2.24) is 15.8 Å². The maximum atomic E-state index is 13.8. The van der Waals surface area contributed by atoms with Crippen molar-refractivity contribution < 1.29 is 8.91 Å². The Bertz CT molecular complexity index is 776. The van der Waals surface area contributed by atoms with Crippen molar-refractivity contribution in [2.45, 2.75) is 39.8 Å². The van der Waals surface area contributed by atoms with E-state index in [0.717, 1.165) is 5.69 Å². The average Bonchev–Trinajstić information content (AvgIpc) is 3.08. The molecule has 6 nitrogen and oxygen atoms in total. The summed E-state index contributed by atoms with van der Waals surface area (Å²) in [6.45, 7) is 7.26. The molecular weight excluding hydrogens is 321 g/mol. The zero-order valence-corrected chi connectivity index (χ0v) is 14.6. The number of hydrogen-bond donors (Lipinski definition) is 2. The van der Waals surface area contributed by atoms with Gasteiger partial charge in [-0.25, -0.2) is 9.38 Å². The lowest BCUT2D eigenvalue weighted by Crippen LogP contribution is -2.36. The number of rotatable bonds is 6. The molecule has 1 aromatic carbocycles. The lowest BCUT2D eigenvalue weighted by atomic mass is 10.1. The molecule has 0 saturated heterocycles. The largest absolute Gasteiger partial charge is 0.359 e. The molecule has 1 heterocycles. The van der Waals surface area contributed by atoms with Gasteiger partial charge in [-0.15, -0.1) is 0 Å². The molecule has 7 heteroatoms. The number of nitrogens with one attached hydrogen (secondary N) is 2. The van der Waals surface area contributed by atoms with Gasteiger partial charge in [0.2, 0.25) is 0 Å². The minimum absolute atomic E-state index is 0.129. The number of hydrogen-bond acceptors (Lipinski definition) is 4. The minimum atomic E-state index is -0.379. The molecule has 0 aliphatic carbocycles. The average molecular weight is 343 g/mol. The number of guanidine groups is 1. The standard InChI is InChI=1S/C18H22FN5O/c1-4-21-18(23-11-15-8-17(12(2)3)24-25-15)22-10-14-7-13(9-20)5-6-16(14)19/h5-8,12H,4,10-11H2,1-3H3,(H2,21,22,23). The van der Waals surface area contributed by atoms with Crippen LogP contribution in [0.1, 0.15) is 49.3 Å². The van der Waals surface area contributed by atoms with Crippen molar-refractivity contribution in [3.8, 4) is 6.07 Å². The number of halogens is 1. The Morgan fingerprint density at radius 3 is 2.80 bits per heavy atom. The Balaban J connectivity index is 2.04. The third-order valence-electron chi connectivity index (χ3n) is 3.53. The summed E-state index contributed by atoms with van der Waals surface area (Å²) in [5, 5.41) is 19.1. The fourth-order valence-corrected chi connectivity index (χ4v) is 2.13. The summed E-state index contributed by atoms with van der Waals surface area (Å²) in [5.74, 6) is 1.16. The Labute approximate surface area is 146 Å². The van der Waals surface area contributed by atoms with Crippen molar-refractivity contribution in [3.05, 3.63) is 52.7 Å². The van der Waals surface area contributed by atoms with Crippen molar-refractivity contribution in [1.29, 1.82) is 5.26 Å². The summed E-state index contributed by atoms with van der Waals surface area (Å²) >= 11 is 0. The fraction of sp³-hybridized carbons (Fsp3) is 0.389. The van der Waals surface area contributed by atoms with Crippen molar-refractivity contribution in [3.63, 3.8) is 0 Å². The summed E-state index contributed by atoms with van der Waals surface area (Å²) < 4.78 is 19.1. The highest BCUT2D eigenvalue weighted by atomic mass is 19.1. The molecule has 132 valence electrons. The van der Waals surface area contributed by atoms with Gasteiger partial charge in [0.15, 0.2) is 11.7 Å². The van der Waals surface area contributed by atoms with Crippen molar-refractivity contribution in [2.75, 3.05) is 6.54 Å². The van der Waals surface area contributed by atoms with Crippen LogP contribution in [0, 0.1) is 17.1 Å². The van der Waals surface area contributed by atoms with Gasteiger partial charge in [0.1, 0.15) is 5.82 Å². The van der Waals surface area contributed by atoms with Crippen LogP contribution in [-0.4, -0.2) is 17.7 Å². The van der Waals surface area contributed by atoms with Gasteiger partial charge in [-0.3, -0.25) is 0 Å². The smallest absolute Gasteiger partial charge is 0.191 e. The van der Waals surface area contributed by atoms with E-state index < -0.39 is 0 Å². The maximum Gasteiger partial charge on any atom is 0.191 e. The summed E-state index contributed by atoms with van der Waals surface area (Å²) in [4.78, 5) is 4.36. The summed E-state index contributed by atoms with van der Waals surface area (Å²) in [5.41, 5.74) is 1.68. The third kappa shape index (κ3) is 5.31. The molecule has 2 N–H and O–H groups in total. The number of nitriles is 1. The lowest BCUT2D eigenvalue weighted by molar-refractivity contribution is 0.372. The van der Waals surface area contributed by atoms with Gasteiger partial charge in [-0.1, -0.05) is 19.0 Å². The van der Waals surface area contributed by atoms with E-state index in [2.05, 4.69) is 20.8 Å². The summed E-state index contributed by atoms with van der Waals surface area (Å²) in [6, 6.07) is 8.14. The molecule has 0 spiro atoms. The second kappa shape index (κ2) is 8.83. The molecule has 0 aliphatic heterocycles. The van der Waals surface area contributed by atoms with Crippen LogP contribution in [0.25, 0.3) is 0 Å². The quantitative estimate of drug-likeness (QED) is 0.622. The van der Waals surface area contributed by atoms with Crippen LogP contribution >= 0.6 is 0 Å². The van der Waals surface area contributed by atoms with Crippen LogP contribution in [0.3, 0.4) is 0 Å². The van der Waals surface area contributed by atoms with E-state index >= 15 is 0 Å². The highest BCUT2D eigenvalue weighted by Gasteiger charge is 2.09. The highest BCUT2D eigenvalue weighted by molar-refractivity contribution is 5.79. The second-order valence-electron chi connectivity index (χ2n) is 5.84. The first kappa shape index (κ1) is 18.5. The Morgan fingerprint density at radius 2 is 2.16 bits per heavy atom. The van der Waals surface area contributed by atoms with E-state index in [-0.39, 0.29) is 12.4 Å². The first-order chi connectivity index (χ1) is 12.0. The van der Waals surface area contributed by atoms with Crippen LogP contribution < -0.4 is 10.6 Å². The zero-order chi connectivity index (χ0) is 18.2.